The number of ether oxygens (including phenoxy) is 1. The summed E-state index contributed by atoms with van der Waals surface area (Å²) < 4.78 is 4.94. The number of nitrogens with one attached hydrogen (secondary N) is 2. The Bertz CT molecular complexity index is 792. The van der Waals surface area contributed by atoms with Crippen molar-refractivity contribution in [2.24, 2.45) is 0 Å². The van der Waals surface area contributed by atoms with E-state index in [0.717, 1.165) is 11.9 Å². The first-order valence-electron chi connectivity index (χ1n) is 6.33. The van der Waals surface area contributed by atoms with Crippen LogP contribution in [0.25, 0.3) is 0 Å². The number of H-pyrrole nitrogens is 1. The molecule has 2 N–H and O–H groups in total. The van der Waals surface area contributed by atoms with Gasteiger partial charge in [0, 0.05) is 11.6 Å². The molecule has 1 heterocycles. The van der Waals surface area contributed by atoms with Gasteiger partial charge in [-0.2, -0.15) is 4.98 Å². The largest absolute Gasteiger partial charge is 0.463 e. The van der Waals surface area contributed by atoms with E-state index in [0.29, 0.717) is 5.02 Å². The molecule has 0 saturated heterocycles. The zero-order valence-electron chi connectivity index (χ0n) is 11.6. The smallest absolute Gasteiger partial charge is 0.395 e. The normalized spacial score (nSPS) is 10.1. The molecule has 1 amide bonds. The van der Waals surface area contributed by atoms with E-state index < -0.39 is 34.6 Å². The number of rotatable bonds is 6. The number of halogens is 1. The number of carbonyl (C=O) groups is 1. The van der Waals surface area contributed by atoms with Crippen LogP contribution in [0, 0.1) is 10.1 Å². The minimum atomic E-state index is -0.959. The number of aromatic nitrogens is 2. The molecule has 1 aromatic heterocycles. The Balaban J connectivity index is 1.94. The van der Waals surface area contributed by atoms with E-state index in [1.165, 1.54) is 0 Å². The topological polar surface area (TPSA) is 127 Å². The fraction of sp³-hybridized carbons (Fsp3) is 0.154. The SMILES string of the molecule is O=C(COc1nc[nH]c(=O)c1[N+](=O)[O-])NCc1cccc(Cl)c1. The molecule has 120 valence electrons. The maximum Gasteiger partial charge on any atom is 0.395 e. The molecule has 1 aromatic carbocycles. The van der Waals surface area contributed by atoms with Crippen LogP contribution in [0.2, 0.25) is 5.02 Å². The number of aromatic amines is 1. The highest BCUT2D eigenvalue weighted by Gasteiger charge is 2.22. The number of carbonyl (C=O) groups excluding carboxylic acids is 1. The van der Waals surface area contributed by atoms with Crippen LogP contribution in [0.3, 0.4) is 0 Å². The van der Waals surface area contributed by atoms with Crippen LogP contribution < -0.4 is 15.6 Å². The first-order valence-corrected chi connectivity index (χ1v) is 6.71. The van der Waals surface area contributed by atoms with Gasteiger partial charge in [-0.1, -0.05) is 23.7 Å². The van der Waals surface area contributed by atoms with Gasteiger partial charge in [0.25, 0.3) is 5.91 Å². The van der Waals surface area contributed by atoms with Gasteiger partial charge >= 0.3 is 17.1 Å². The fourth-order valence-electron chi connectivity index (χ4n) is 1.68. The maximum atomic E-state index is 11.7. The van der Waals surface area contributed by atoms with Crippen molar-refractivity contribution in [1.29, 1.82) is 0 Å². The van der Waals surface area contributed by atoms with E-state index in [-0.39, 0.29) is 6.54 Å². The second-order valence-corrected chi connectivity index (χ2v) is 4.77. The van der Waals surface area contributed by atoms with Gasteiger partial charge in [-0.15, -0.1) is 0 Å². The lowest BCUT2D eigenvalue weighted by molar-refractivity contribution is -0.387. The van der Waals surface area contributed by atoms with E-state index >= 15 is 0 Å². The fourth-order valence-corrected chi connectivity index (χ4v) is 1.89. The number of benzene rings is 1. The van der Waals surface area contributed by atoms with Gasteiger partial charge in [-0.05, 0) is 17.7 Å². The molecule has 0 radical (unpaired) electrons. The summed E-state index contributed by atoms with van der Waals surface area (Å²) >= 11 is 5.82. The summed E-state index contributed by atoms with van der Waals surface area (Å²) in [6.45, 7) is -0.300. The van der Waals surface area contributed by atoms with Crippen LogP contribution in [-0.2, 0) is 11.3 Å². The monoisotopic (exact) mass is 338 g/mol. The molecule has 0 saturated carbocycles. The Kier molecular flexibility index (Phi) is 5.26. The van der Waals surface area contributed by atoms with Crippen LogP contribution in [0.15, 0.2) is 35.4 Å². The molecule has 2 rings (SSSR count). The van der Waals surface area contributed by atoms with E-state index in [1.54, 1.807) is 24.3 Å². The van der Waals surface area contributed by atoms with Crippen molar-refractivity contribution in [3.8, 4) is 5.88 Å². The molecule has 0 fully saturated rings. The molecule has 23 heavy (non-hydrogen) atoms. The van der Waals surface area contributed by atoms with Crippen molar-refractivity contribution in [3.63, 3.8) is 0 Å². The van der Waals surface area contributed by atoms with Gasteiger partial charge in [-0.3, -0.25) is 19.7 Å². The van der Waals surface area contributed by atoms with Crippen LogP contribution in [-0.4, -0.2) is 27.4 Å². The number of nitro groups is 1. The average Bonchev–Trinajstić information content (AvgIpc) is 2.50. The molecule has 9 nitrogen and oxygen atoms in total. The predicted octanol–water partition coefficient (Wildman–Crippen LogP) is 1.03. The lowest BCUT2D eigenvalue weighted by atomic mass is 10.2. The maximum absolute atomic E-state index is 11.7. The van der Waals surface area contributed by atoms with Crippen molar-refractivity contribution >= 4 is 23.2 Å². The van der Waals surface area contributed by atoms with Gasteiger partial charge in [0.15, 0.2) is 6.61 Å². The quantitative estimate of drug-likeness (QED) is 0.598. The van der Waals surface area contributed by atoms with E-state index in [2.05, 4.69) is 15.3 Å². The summed E-state index contributed by atoms with van der Waals surface area (Å²) in [6.07, 6.45) is 0.953. The number of hydrogen-bond donors (Lipinski definition) is 2. The highest BCUT2D eigenvalue weighted by atomic mass is 35.5. The highest BCUT2D eigenvalue weighted by Crippen LogP contribution is 2.17. The first-order chi connectivity index (χ1) is 11.0. The zero-order valence-corrected chi connectivity index (χ0v) is 12.4. The number of amides is 1. The Morgan fingerprint density at radius 1 is 1.48 bits per heavy atom. The molecule has 2 aromatic rings. The number of hydrogen-bond acceptors (Lipinski definition) is 6. The predicted molar refractivity (Wildman–Crippen MR) is 80.3 cm³/mol. The summed E-state index contributed by atoms with van der Waals surface area (Å²) in [7, 11) is 0. The summed E-state index contributed by atoms with van der Waals surface area (Å²) in [5, 5.41) is 13.9. The molecular weight excluding hydrogens is 328 g/mol. The summed E-state index contributed by atoms with van der Waals surface area (Å²) in [6, 6.07) is 6.90. The second kappa shape index (κ2) is 7.36. The molecule has 0 atom stereocenters. The Morgan fingerprint density at radius 3 is 2.96 bits per heavy atom. The van der Waals surface area contributed by atoms with Crippen LogP contribution in [0.5, 0.6) is 5.88 Å². The molecule has 0 spiro atoms. The van der Waals surface area contributed by atoms with Gasteiger partial charge in [0.1, 0.15) is 0 Å². The first kappa shape index (κ1) is 16.4. The van der Waals surface area contributed by atoms with E-state index in [1.807, 2.05) is 0 Å². The van der Waals surface area contributed by atoms with Gasteiger partial charge < -0.3 is 15.0 Å². The molecule has 0 aliphatic carbocycles. The second-order valence-electron chi connectivity index (χ2n) is 4.34. The van der Waals surface area contributed by atoms with Crippen LogP contribution in [0.4, 0.5) is 5.69 Å². The molecule has 0 aliphatic rings. The highest BCUT2D eigenvalue weighted by molar-refractivity contribution is 6.30. The number of nitrogens with zero attached hydrogens (tertiary/aromatic N) is 2. The van der Waals surface area contributed by atoms with Crippen LogP contribution in [0.1, 0.15) is 5.56 Å². The average molecular weight is 339 g/mol. The lowest BCUT2D eigenvalue weighted by Gasteiger charge is -2.07. The molecular formula is C13H11ClN4O5. The van der Waals surface area contributed by atoms with Crippen molar-refractivity contribution < 1.29 is 14.5 Å². The third-order valence-corrected chi connectivity index (χ3v) is 2.93. The third-order valence-electron chi connectivity index (χ3n) is 2.70. The van der Waals surface area contributed by atoms with Crippen molar-refractivity contribution in [2.75, 3.05) is 6.61 Å². The molecule has 0 aliphatic heterocycles. The van der Waals surface area contributed by atoms with Crippen LogP contribution >= 0.6 is 11.6 Å². The zero-order chi connectivity index (χ0) is 16.8. The minimum Gasteiger partial charge on any atom is -0.463 e. The molecule has 0 unspecified atom stereocenters. The Morgan fingerprint density at radius 2 is 2.26 bits per heavy atom. The Hall–Kier alpha value is -2.94. The van der Waals surface area contributed by atoms with Gasteiger partial charge in [0.2, 0.25) is 0 Å². The Labute approximate surface area is 134 Å². The standard InChI is InChI=1S/C13H11ClN4O5/c14-9-3-1-2-8(4-9)5-15-10(19)6-23-13-11(18(21)22)12(20)16-7-17-13/h1-4,7H,5-6H2,(H,15,19)(H,16,17,20). The lowest BCUT2D eigenvalue weighted by Crippen LogP contribution is -2.29. The summed E-state index contributed by atoms with van der Waals surface area (Å²) in [4.78, 5) is 38.5. The van der Waals surface area contributed by atoms with E-state index in [9.17, 15) is 19.7 Å². The molecule has 0 bridgehead atoms. The van der Waals surface area contributed by atoms with E-state index in [4.69, 9.17) is 16.3 Å². The van der Waals surface area contributed by atoms with Gasteiger partial charge in [-0.25, -0.2) is 0 Å². The molecule has 10 heteroatoms. The summed E-state index contributed by atoms with van der Waals surface area (Å²) in [5.74, 6) is -1.04. The van der Waals surface area contributed by atoms with Crippen molar-refractivity contribution in [1.82, 2.24) is 15.3 Å². The van der Waals surface area contributed by atoms with Gasteiger partial charge in [0.05, 0.1) is 11.3 Å². The third kappa shape index (κ3) is 4.51. The summed E-state index contributed by atoms with van der Waals surface area (Å²) in [5.41, 5.74) is -1.03. The van der Waals surface area contributed by atoms with Crippen molar-refractivity contribution in [3.05, 3.63) is 61.6 Å². The van der Waals surface area contributed by atoms with Crippen molar-refractivity contribution in [2.45, 2.75) is 6.54 Å². The minimum absolute atomic E-state index is 0.216.